The lowest BCUT2D eigenvalue weighted by molar-refractivity contribution is -0.120. The van der Waals surface area contributed by atoms with Crippen LogP contribution < -0.4 is 11.1 Å². The number of nitrogens with zero attached hydrogens (tertiary/aromatic N) is 1. The summed E-state index contributed by atoms with van der Waals surface area (Å²) in [5.74, 6) is -0.202. The number of hydrogen-bond acceptors (Lipinski definition) is 3. The third kappa shape index (κ3) is 3.33. The molecule has 2 rings (SSSR count). The van der Waals surface area contributed by atoms with E-state index < -0.39 is 0 Å². The van der Waals surface area contributed by atoms with Gasteiger partial charge in [0.05, 0.1) is 17.2 Å². The summed E-state index contributed by atoms with van der Waals surface area (Å²) >= 11 is 0. The van der Waals surface area contributed by atoms with Gasteiger partial charge in [0.25, 0.3) is 0 Å². The van der Waals surface area contributed by atoms with E-state index in [4.69, 9.17) is 11.0 Å². The third-order valence-corrected chi connectivity index (χ3v) is 3.71. The van der Waals surface area contributed by atoms with Gasteiger partial charge in [-0.05, 0) is 25.0 Å². The number of amides is 1. The van der Waals surface area contributed by atoms with Crippen LogP contribution in [-0.4, -0.2) is 11.9 Å². The van der Waals surface area contributed by atoms with Crippen LogP contribution in [0.3, 0.4) is 0 Å². The van der Waals surface area contributed by atoms with Crippen molar-refractivity contribution in [1.29, 1.82) is 5.26 Å². The molecule has 2 unspecified atom stereocenters. The lowest BCUT2D eigenvalue weighted by Crippen LogP contribution is -2.37. The molecule has 1 amide bonds. The van der Waals surface area contributed by atoms with Crippen LogP contribution in [0.1, 0.15) is 37.7 Å². The monoisotopic (exact) mass is 257 g/mol. The molecule has 0 saturated heterocycles. The summed E-state index contributed by atoms with van der Waals surface area (Å²) in [6, 6.07) is 9.05. The van der Waals surface area contributed by atoms with E-state index >= 15 is 0 Å². The van der Waals surface area contributed by atoms with E-state index in [-0.39, 0.29) is 17.9 Å². The van der Waals surface area contributed by atoms with Crippen LogP contribution in [0, 0.1) is 17.2 Å². The van der Waals surface area contributed by atoms with Crippen molar-refractivity contribution in [2.24, 2.45) is 11.7 Å². The fraction of sp³-hybridized carbons (Fsp3) is 0.467. The van der Waals surface area contributed by atoms with E-state index in [0.29, 0.717) is 11.3 Å². The van der Waals surface area contributed by atoms with Crippen LogP contribution in [0.4, 0.5) is 5.69 Å². The molecule has 1 aromatic carbocycles. The lowest BCUT2D eigenvalue weighted by Gasteiger charge is -2.20. The van der Waals surface area contributed by atoms with E-state index in [1.54, 1.807) is 18.2 Å². The maximum atomic E-state index is 12.3. The summed E-state index contributed by atoms with van der Waals surface area (Å²) < 4.78 is 0. The molecule has 3 N–H and O–H groups in total. The van der Waals surface area contributed by atoms with Crippen LogP contribution in [0.5, 0.6) is 0 Å². The van der Waals surface area contributed by atoms with Gasteiger partial charge >= 0.3 is 0 Å². The van der Waals surface area contributed by atoms with Gasteiger partial charge in [-0.15, -0.1) is 0 Å². The minimum absolute atomic E-state index is 0.0582. The molecule has 1 aliphatic rings. The van der Waals surface area contributed by atoms with Gasteiger partial charge in [-0.2, -0.15) is 5.26 Å². The lowest BCUT2D eigenvalue weighted by atomic mass is 9.94. The normalized spacial score (nSPS) is 23.2. The summed E-state index contributed by atoms with van der Waals surface area (Å²) in [4.78, 5) is 12.3. The molecule has 0 spiro atoms. The number of nitriles is 1. The first-order valence-electron chi connectivity index (χ1n) is 6.78. The van der Waals surface area contributed by atoms with Crippen LogP contribution >= 0.6 is 0 Å². The minimum Gasteiger partial charge on any atom is -0.327 e. The van der Waals surface area contributed by atoms with Crippen LogP contribution in [0.2, 0.25) is 0 Å². The molecule has 4 nitrogen and oxygen atoms in total. The number of para-hydroxylation sites is 1. The van der Waals surface area contributed by atoms with Gasteiger partial charge in [0, 0.05) is 6.04 Å². The molecule has 2 atom stereocenters. The Balaban J connectivity index is 2.10. The Morgan fingerprint density at radius 2 is 2.00 bits per heavy atom. The molecule has 1 aliphatic carbocycles. The van der Waals surface area contributed by atoms with E-state index in [9.17, 15) is 4.79 Å². The Hall–Kier alpha value is -1.86. The maximum Gasteiger partial charge on any atom is 0.229 e. The number of nitrogens with one attached hydrogen (secondary N) is 1. The summed E-state index contributed by atoms with van der Waals surface area (Å²) in [5.41, 5.74) is 7.14. The second kappa shape index (κ2) is 6.35. The van der Waals surface area contributed by atoms with Crippen molar-refractivity contribution in [1.82, 2.24) is 0 Å². The summed E-state index contributed by atoms with van der Waals surface area (Å²) in [6.07, 6.45) is 5.03. The Morgan fingerprint density at radius 3 is 2.79 bits per heavy atom. The standard InChI is InChI=1S/C15H19N3O/c16-10-11-6-4-5-9-14(11)18-15(19)12-7-2-1-3-8-13(12)17/h4-6,9,12-13H,1-3,7-8,17H2,(H,18,19). The van der Waals surface area contributed by atoms with Gasteiger partial charge in [0.1, 0.15) is 6.07 Å². The summed E-state index contributed by atoms with van der Waals surface area (Å²) in [6.45, 7) is 0. The van der Waals surface area contributed by atoms with Gasteiger partial charge in [0.15, 0.2) is 0 Å². The van der Waals surface area contributed by atoms with Gasteiger partial charge in [-0.1, -0.05) is 31.4 Å². The quantitative estimate of drug-likeness (QED) is 0.798. The second-order valence-corrected chi connectivity index (χ2v) is 5.05. The number of nitrogens with two attached hydrogens (primary N) is 1. The highest BCUT2D eigenvalue weighted by Gasteiger charge is 2.27. The highest BCUT2D eigenvalue weighted by Crippen LogP contribution is 2.24. The Morgan fingerprint density at radius 1 is 1.26 bits per heavy atom. The average Bonchev–Trinajstić information content (AvgIpc) is 2.64. The first-order valence-corrected chi connectivity index (χ1v) is 6.78. The number of rotatable bonds is 2. The average molecular weight is 257 g/mol. The van der Waals surface area contributed by atoms with Gasteiger partial charge in [0.2, 0.25) is 5.91 Å². The highest BCUT2D eigenvalue weighted by molar-refractivity contribution is 5.94. The first kappa shape index (κ1) is 13.6. The molecule has 1 fully saturated rings. The molecule has 0 heterocycles. The fourth-order valence-corrected chi connectivity index (χ4v) is 2.58. The summed E-state index contributed by atoms with van der Waals surface area (Å²) in [7, 11) is 0. The summed E-state index contributed by atoms with van der Waals surface area (Å²) in [5, 5.41) is 11.9. The number of benzene rings is 1. The van der Waals surface area contributed by atoms with Crippen molar-refractivity contribution in [3.63, 3.8) is 0 Å². The Kier molecular flexibility index (Phi) is 4.53. The third-order valence-electron chi connectivity index (χ3n) is 3.71. The van der Waals surface area contributed by atoms with Crippen molar-refractivity contribution in [3.05, 3.63) is 29.8 Å². The molecular weight excluding hydrogens is 238 g/mol. The smallest absolute Gasteiger partial charge is 0.229 e. The Labute approximate surface area is 113 Å². The second-order valence-electron chi connectivity index (χ2n) is 5.05. The number of carbonyl (C=O) groups excluding carboxylic acids is 1. The van der Waals surface area contributed by atoms with Crippen LogP contribution in [0.25, 0.3) is 0 Å². The molecule has 0 radical (unpaired) electrons. The minimum atomic E-state index is -0.144. The van der Waals surface area contributed by atoms with Gasteiger partial charge in [-0.3, -0.25) is 4.79 Å². The SMILES string of the molecule is N#Cc1ccccc1NC(=O)C1CCCCCC1N. The molecule has 0 aromatic heterocycles. The van der Waals surface area contributed by atoms with Gasteiger partial charge in [-0.25, -0.2) is 0 Å². The van der Waals surface area contributed by atoms with Crippen molar-refractivity contribution >= 4 is 11.6 Å². The fourth-order valence-electron chi connectivity index (χ4n) is 2.58. The topological polar surface area (TPSA) is 78.9 Å². The zero-order chi connectivity index (χ0) is 13.7. The predicted molar refractivity (Wildman–Crippen MR) is 74.3 cm³/mol. The van der Waals surface area contributed by atoms with E-state index in [0.717, 1.165) is 32.1 Å². The largest absolute Gasteiger partial charge is 0.327 e. The molecule has 100 valence electrons. The van der Waals surface area contributed by atoms with E-state index in [1.165, 1.54) is 0 Å². The van der Waals surface area contributed by atoms with E-state index in [2.05, 4.69) is 11.4 Å². The van der Waals surface area contributed by atoms with Crippen molar-refractivity contribution < 1.29 is 4.79 Å². The van der Waals surface area contributed by atoms with Crippen LogP contribution in [-0.2, 0) is 4.79 Å². The maximum absolute atomic E-state index is 12.3. The van der Waals surface area contributed by atoms with E-state index in [1.807, 2.05) is 6.07 Å². The number of carbonyl (C=O) groups is 1. The number of hydrogen-bond donors (Lipinski definition) is 2. The van der Waals surface area contributed by atoms with Crippen molar-refractivity contribution in [2.75, 3.05) is 5.32 Å². The zero-order valence-electron chi connectivity index (χ0n) is 10.9. The number of anilines is 1. The van der Waals surface area contributed by atoms with Crippen molar-refractivity contribution in [3.8, 4) is 6.07 Å². The zero-order valence-corrected chi connectivity index (χ0v) is 10.9. The van der Waals surface area contributed by atoms with Gasteiger partial charge < -0.3 is 11.1 Å². The Bertz CT molecular complexity index is 492. The van der Waals surface area contributed by atoms with Crippen LogP contribution in [0.15, 0.2) is 24.3 Å². The molecule has 4 heteroatoms. The molecule has 1 saturated carbocycles. The molecule has 1 aromatic rings. The molecular formula is C15H19N3O. The molecule has 19 heavy (non-hydrogen) atoms. The predicted octanol–water partition coefficient (Wildman–Crippen LogP) is 2.40. The van der Waals surface area contributed by atoms with Crippen molar-refractivity contribution in [2.45, 2.75) is 38.1 Å². The first-order chi connectivity index (χ1) is 9.22. The molecule has 0 aliphatic heterocycles. The highest BCUT2D eigenvalue weighted by atomic mass is 16.1. The molecule has 0 bridgehead atoms.